The second kappa shape index (κ2) is 9.41. The molecule has 0 radical (unpaired) electrons. The minimum Gasteiger partial charge on any atom is -0.489 e. The Morgan fingerprint density at radius 1 is 0.829 bits per heavy atom. The number of carbonyl (C=O) groups is 2. The van der Waals surface area contributed by atoms with Gasteiger partial charge in [0.15, 0.2) is 0 Å². The summed E-state index contributed by atoms with van der Waals surface area (Å²) in [5.74, 6) is -0.305. The van der Waals surface area contributed by atoms with E-state index in [2.05, 4.69) is 26.1 Å². The molecule has 0 fully saturated rings. The van der Waals surface area contributed by atoms with E-state index in [1.807, 2.05) is 75.4 Å². The van der Waals surface area contributed by atoms with Crippen molar-refractivity contribution >= 4 is 28.8 Å². The molecule has 1 heterocycles. The number of carbonyl (C=O) groups excluding carboxylic acids is 2. The first kappa shape index (κ1) is 24.3. The number of ether oxygens (including phenoxy) is 1. The third-order valence-corrected chi connectivity index (χ3v) is 5.91. The van der Waals surface area contributed by atoms with E-state index in [-0.39, 0.29) is 23.1 Å². The van der Waals surface area contributed by atoms with Gasteiger partial charge in [0.1, 0.15) is 11.4 Å². The van der Waals surface area contributed by atoms with Crippen molar-refractivity contribution in [2.45, 2.75) is 53.1 Å². The van der Waals surface area contributed by atoms with Gasteiger partial charge in [0.2, 0.25) is 0 Å². The topological polar surface area (TPSA) is 58.6 Å². The number of imide groups is 1. The predicted molar refractivity (Wildman–Crippen MR) is 142 cm³/mol. The summed E-state index contributed by atoms with van der Waals surface area (Å²) in [6.07, 6.45) is -0.104. The molecule has 35 heavy (non-hydrogen) atoms. The highest BCUT2D eigenvalue weighted by Crippen LogP contribution is 2.38. The van der Waals surface area contributed by atoms with E-state index < -0.39 is 5.91 Å². The van der Waals surface area contributed by atoms with E-state index in [0.717, 1.165) is 11.3 Å². The van der Waals surface area contributed by atoms with Crippen molar-refractivity contribution in [3.63, 3.8) is 0 Å². The molecule has 2 amide bonds. The number of aryl methyl sites for hydroxylation is 1. The van der Waals surface area contributed by atoms with E-state index in [1.165, 1.54) is 10.5 Å². The lowest BCUT2D eigenvalue weighted by Gasteiger charge is -2.21. The van der Waals surface area contributed by atoms with Gasteiger partial charge in [0, 0.05) is 5.69 Å². The summed E-state index contributed by atoms with van der Waals surface area (Å²) < 4.78 is 5.92. The molecule has 0 saturated heterocycles. The third kappa shape index (κ3) is 4.99. The van der Waals surface area contributed by atoms with Crippen molar-refractivity contribution in [3.05, 3.63) is 95.2 Å². The summed E-state index contributed by atoms with van der Waals surface area (Å²) in [4.78, 5) is 28.7. The Kier molecular flexibility index (Phi) is 6.53. The fraction of sp³-hybridized carbons (Fsp3) is 0.267. The van der Waals surface area contributed by atoms with Gasteiger partial charge in [-0.2, -0.15) is 0 Å². The zero-order valence-electron chi connectivity index (χ0n) is 21.2. The van der Waals surface area contributed by atoms with E-state index in [1.54, 1.807) is 18.2 Å². The molecular weight excluding hydrogens is 436 g/mol. The fourth-order valence-corrected chi connectivity index (χ4v) is 4.05. The van der Waals surface area contributed by atoms with Crippen LogP contribution in [-0.2, 0) is 15.0 Å². The van der Waals surface area contributed by atoms with Gasteiger partial charge < -0.3 is 10.1 Å². The highest BCUT2D eigenvalue weighted by Gasteiger charge is 2.41. The molecule has 3 aromatic rings. The average Bonchev–Trinajstić information content (AvgIpc) is 3.03. The number of anilines is 2. The Balaban J connectivity index is 1.79. The molecule has 0 saturated carbocycles. The molecule has 0 bridgehead atoms. The molecule has 1 N–H and O–H groups in total. The smallest absolute Gasteiger partial charge is 0.282 e. The standard InChI is InChI=1S/C30H32N2O3/c1-19(2)35-25-10-8-7-9-24(25)32-28(33)26(21-13-11-20(3)12-14-21)27(29(32)34)31-23-17-15-22(16-18-23)30(4,5)6/h7-19,31H,1-6H3. The van der Waals surface area contributed by atoms with Crippen molar-refractivity contribution in [2.24, 2.45) is 0 Å². The average molecular weight is 469 g/mol. The van der Waals surface area contributed by atoms with Crippen molar-refractivity contribution in [3.8, 4) is 5.75 Å². The van der Waals surface area contributed by atoms with Crippen LogP contribution in [0.3, 0.4) is 0 Å². The molecule has 0 atom stereocenters. The molecule has 0 aromatic heterocycles. The summed E-state index contributed by atoms with van der Waals surface area (Å²) in [7, 11) is 0. The maximum atomic E-state index is 13.8. The van der Waals surface area contributed by atoms with Crippen LogP contribution in [0.5, 0.6) is 5.75 Å². The van der Waals surface area contributed by atoms with Gasteiger partial charge in [-0.25, -0.2) is 4.90 Å². The SMILES string of the molecule is Cc1ccc(C2=C(Nc3ccc(C(C)(C)C)cc3)C(=O)N(c3ccccc3OC(C)C)C2=O)cc1. The Hall–Kier alpha value is -3.86. The highest BCUT2D eigenvalue weighted by atomic mass is 16.5. The van der Waals surface area contributed by atoms with Crippen LogP contribution < -0.4 is 15.0 Å². The lowest BCUT2D eigenvalue weighted by Crippen LogP contribution is -2.33. The maximum absolute atomic E-state index is 13.8. The Morgan fingerprint density at radius 2 is 1.46 bits per heavy atom. The van der Waals surface area contributed by atoms with Crippen LogP contribution in [0.15, 0.2) is 78.5 Å². The quantitative estimate of drug-likeness (QED) is 0.421. The lowest BCUT2D eigenvalue weighted by atomic mass is 9.87. The zero-order valence-corrected chi connectivity index (χ0v) is 21.2. The maximum Gasteiger partial charge on any atom is 0.282 e. The normalized spacial score (nSPS) is 14.2. The molecule has 5 nitrogen and oxygen atoms in total. The van der Waals surface area contributed by atoms with E-state index in [9.17, 15) is 9.59 Å². The first-order chi connectivity index (χ1) is 16.6. The van der Waals surface area contributed by atoms with E-state index >= 15 is 0 Å². The minimum atomic E-state index is -0.412. The second-order valence-corrected chi connectivity index (χ2v) is 10.1. The first-order valence-corrected chi connectivity index (χ1v) is 11.9. The van der Waals surface area contributed by atoms with Crippen LogP contribution in [0.2, 0.25) is 0 Å². The van der Waals surface area contributed by atoms with Crippen LogP contribution >= 0.6 is 0 Å². The lowest BCUT2D eigenvalue weighted by molar-refractivity contribution is -0.120. The van der Waals surface area contributed by atoms with Crippen LogP contribution in [-0.4, -0.2) is 17.9 Å². The summed E-state index contributed by atoms with van der Waals surface area (Å²) in [5.41, 5.74) is 4.73. The van der Waals surface area contributed by atoms with Gasteiger partial charge in [-0.3, -0.25) is 9.59 Å². The number of nitrogens with one attached hydrogen (secondary N) is 1. The monoisotopic (exact) mass is 468 g/mol. The molecule has 3 aromatic carbocycles. The second-order valence-electron chi connectivity index (χ2n) is 10.1. The number of hydrogen-bond donors (Lipinski definition) is 1. The number of benzene rings is 3. The first-order valence-electron chi connectivity index (χ1n) is 11.9. The predicted octanol–water partition coefficient (Wildman–Crippen LogP) is 6.48. The molecule has 180 valence electrons. The summed E-state index contributed by atoms with van der Waals surface area (Å²) in [6, 6.07) is 22.7. The van der Waals surface area contributed by atoms with Crippen LogP contribution in [0.4, 0.5) is 11.4 Å². The zero-order chi connectivity index (χ0) is 25.3. The fourth-order valence-electron chi connectivity index (χ4n) is 4.05. The number of hydrogen-bond acceptors (Lipinski definition) is 4. The van der Waals surface area contributed by atoms with Crippen molar-refractivity contribution < 1.29 is 14.3 Å². The van der Waals surface area contributed by atoms with E-state index in [0.29, 0.717) is 22.6 Å². The molecule has 1 aliphatic rings. The molecule has 0 unspecified atom stereocenters. The van der Waals surface area contributed by atoms with Gasteiger partial charge in [-0.1, -0.05) is 74.9 Å². The molecular formula is C30H32N2O3. The number of para-hydroxylation sites is 2. The van der Waals surface area contributed by atoms with Crippen molar-refractivity contribution in [1.29, 1.82) is 0 Å². The summed E-state index contributed by atoms with van der Waals surface area (Å²) in [5, 5.41) is 3.25. The largest absolute Gasteiger partial charge is 0.489 e. The molecule has 4 rings (SSSR count). The van der Waals surface area contributed by atoms with Gasteiger partial charge in [-0.05, 0) is 61.6 Å². The van der Waals surface area contributed by atoms with Gasteiger partial charge >= 0.3 is 0 Å². The van der Waals surface area contributed by atoms with Crippen LogP contribution in [0.25, 0.3) is 5.57 Å². The summed E-state index contributed by atoms with van der Waals surface area (Å²) >= 11 is 0. The summed E-state index contributed by atoms with van der Waals surface area (Å²) in [6.45, 7) is 12.3. The Labute approximate surface area is 207 Å². The van der Waals surface area contributed by atoms with Gasteiger partial charge in [0.25, 0.3) is 11.8 Å². The van der Waals surface area contributed by atoms with E-state index in [4.69, 9.17) is 4.74 Å². The third-order valence-electron chi connectivity index (χ3n) is 5.91. The Morgan fingerprint density at radius 3 is 2.06 bits per heavy atom. The van der Waals surface area contributed by atoms with Crippen molar-refractivity contribution in [2.75, 3.05) is 10.2 Å². The molecule has 5 heteroatoms. The number of nitrogens with zero attached hydrogens (tertiary/aromatic N) is 1. The molecule has 0 spiro atoms. The van der Waals surface area contributed by atoms with Crippen LogP contribution in [0, 0.1) is 6.92 Å². The Bertz CT molecular complexity index is 1280. The minimum absolute atomic E-state index is 0.0148. The van der Waals surface area contributed by atoms with Gasteiger partial charge in [0.05, 0.1) is 17.4 Å². The molecule has 0 aliphatic carbocycles. The van der Waals surface area contributed by atoms with Gasteiger partial charge in [-0.15, -0.1) is 0 Å². The number of amides is 2. The van der Waals surface area contributed by atoms with Crippen molar-refractivity contribution in [1.82, 2.24) is 0 Å². The highest BCUT2D eigenvalue weighted by molar-refractivity contribution is 6.46. The molecule has 1 aliphatic heterocycles. The number of rotatable bonds is 6. The van der Waals surface area contributed by atoms with Crippen LogP contribution in [0.1, 0.15) is 51.3 Å².